The van der Waals surface area contributed by atoms with Crippen LogP contribution in [0.25, 0.3) is 22.0 Å². The van der Waals surface area contributed by atoms with E-state index in [-0.39, 0.29) is 56.8 Å². The number of Topliss-reactive ketones (excluding diaryl/α,β-unsaturated/α-hetero) is 1. The van der Waals surface area contributed by atoms with Crippen LogP contribution in [-0.2, 0) is 25.6 Å². The average Bonchev–Trinajstić information content (AvgIpc) is 3.57. The summed E-state index contributed by atoms with van der Waals surface area (Å²) in [6.07, 6.45) is 1.75. The lowest BCUT2D eigenvalue weighted by Gasteiger charge is -2.23. The van der Waals surface area contributed by atoms with Crippen LogP contribution in [-0.4, -0.2) is 93.1 Å². The number of methoxy groups -OCH3 is 1. The molecule has 1 N–H and O–H groups in total. The first kappa shape index (κ1) is 32.1. The number of nitrogens with zero attached hydrogens (tertiary/aromatic N) is 6. The molecule has 1 saturated heterocycles. The van der Waals surface area contributed by atoms with E-state index >= 15 is 0 Å². The van der Waals surface area contributed by atoms with Gasteiger partial charge in [-0.05, 0) is 41.1 Å². The Hall–Kier alpha value is -4.34. The minimum absolute atomic E-state index is 0.104. The fourth-order valence-electron chi connectivity index (χ4n) is 5.03. The Morgan fingerprint density at radius 3 is 2.64 bits per heavy atom. The van der Waals surface area contributed by atoms with Crippen molar-refractivity contribution in [3.63, 3.8) is 0 Å². The molecule has 3 aromatic heterocycles. The third-order valence-electron chi connectivity index (χ3n) is 7.09. The first-order valence-electron chi connectivity index (χ1n) is 14.1. The summed E-state index contributed by atoms with van der Waals surface area (Å²) in [6, 6.07) is 7.36. The number of aryl methyl sites for hydroxylation is 1. The Labute approximate surface area is 266 Å². The van der Waals surface area contributed by atoms with Gasteiger partial charge in [-0.1, -0.05) is 6.07 Å². The highest BCUT2D eigenvalue weighted by Crippen LogP contribution is 2.36. The number of amides is 2. The molecule has 2 amide bonds. The molecule has 0 unspecified atom stereocenters. The summed E-state index contributed by atoms with van der Waals surface area (Å²) < 4.78 is 32.8. The van der Waals surface area contributed by atoms with Gasteiger partial charge in [-0.15, -0.1) is 0 Å². The molecule has 5 rings (SSSR count). The summed E-state index contributed by atoms with van der Waals surface area (Å²) in [7, 11) is 1.52. The van der Waals surface area contributed by atoms with Crippen LogP contribution in [0.2, 0.25) is 0 Å². The predicted octanol–water partition coefficient (Wildman–Crippen LogP) is 3.74. The van der Waals surface area contributed by atoms with E-state index in [1.54, 1.807) is 49.6 Å². The molecule has 4 aromatic rings. The summed E-state index contributed by atoms with van der Waals surface area (Å²) in [4.78, 5) is 53.4. The monoisotopic (exact) mass is 683 g/mol. The van der Waals surface area contributed by atoms with Gasteiger partial charge in [0.2, 0.25) is 11.8 Å². The van der Waals surface area contributed by atoms with Crippen molar-refractivity contribution in [3.8, 4) is 16.9 Å². The summed E-state index contributed by atoms with van der Waals surface area (Å²) in [6.45, 7) is 3.07. The highest BCUT2D eigenvalue weighted by Gasteiger charge is 2.40. The molecule has 2 atom stereocenters. The number of carbonyl (C=O) groups excluding carboxylic acids is 3. The molecule has 236 valence electrons. The molecular formula is C30H31BrFN7O6. The zero-order valence-corrected chi connectivity index (χ0v) is 26.4. The van der Waals surface area contributed by atoms with Crippen molar-refractivity contribution in [3.05, 3.63) is 58.8 Å². The van der Waals surface area contributed by atoms with Gasteiger partial charge in [0.15, 0.2) is 5.78 Å². The molecule has 15 heteroatoms. The van der Waals surface area contributed by atoms with Crippen molar-refractivity contribution < 1.29 is 33.0 Å². The average molecular weight is 685 g/mol. The first-order valence-corrected chi connectivity index (χ1v) is 14.8. The molecular weight excluding hydrogens is 653 g/mol. The normalized spacial score (nSPS) is 16.2. The second-order valence-electron chi connectivity index (χ2n) is 10.3. The maximum Gasteiger partial charge on any atom is 0.248 e. The minimum Gasteiger partial charge on any atom is -0.490 e. The summed E-state index contributed by atoms with van der Waals surface area (Å²) >= 11 is 3.25. The van der Waals surface area contributed by atoms with Crippen LogP contribution in [0.3, 0.4) is 0 Å². The number of halogens is 2. The number of alkyl halides is 1. The molecule has 1 aliphatic rings. The second kappa shape index (κ2) is 14.2. The van der Waals surface area contributed by atoms with Crippen LogP contribution in [0.5, 0.6) is 5.75 Å². The van der Waals surface area contributed by atoms with Gasteiger partial charge in [0, 0.05) is 55.4 Å². The number of hydrogen-bond donors (Lipinski definition) is 1. The number of likely N-dealkylation sites (tertiary alicyclic amines) is 1. The number of ether oxygens (including phenoxy) is 3. The van der Waals surface area contributed by atoms with E-state index in [2.05, 4.69) is 41.3 Å². The molecule has 0 spiro atoms. The van der Waals surface area contributed by atoms with Crippen LogP contribution < -0.4 is 10.1 Å². The van der Waals surface area contributed by atoms with Crippen LogP contribution in [0, 0.1) is 6.92 Å². The van der Waals surface area contributed by atoms with E-state index in [0.717, 1.165) is 0 Å². The lowest BCUT2D eigenvalue weighted by Crippen LogP contribution is -2.44. The molecule has 0 bridgehead atoms. The smallest absolute Gasteiger partial charge is 0.248 e. The Bertz CT molecular complexity index is 1720. The zero-order valence-electron chi connectivity index (χ0n) is 24.8. The Morgan fingerprint density at radius 2 is 1.93 bits per heavy atom. The topological polar surface area (TPSA) is 151 Å². The number of fused-ring (bicyclic) bond motifs is 1. The maximum absolute atomic E-state index is 14.6. The standard InChI is InChI=1S/C30H31BrFN7O6/c1-17(40)29-22-10-21(19-12-33-18(2)34-13-19)25(45-8-7-44-16-43-3)11-23(22)39(37-29)15-28(41)38-14-20(32)9-24(38)30(42)36-27-6-4-5-26(31)35-27/h4-6,10-13,20,24H,7-9,14-16H2,1-3H3,(H,35,36,42)/t20-,24+/m1/s1. The molecule has 0 radical (unpaired) electrons. The second-order valence-corrected chi connectivity index (χ2v) is 11.2. The number of pyridine rings is 1. The number of benzene rings is 1. The van der Waals surface area contributed by atoms with Gasteiger partial charge in [0.1, 0.15) is 59.8 Å². The van der Waals surface area contributed by atoms with Crippen molar-refractivity contribution in [1.29, 1.82) is 0 Å². The van der Waals surface area contributed by atoms with Crippen molar-refractivity contribution in [2.75, 3.05) is 39.0 Å². The minimum atomic E-state index is -1.39. The van der Waals surface area contributed by atoms with E-state index < -0.39 is 24.0 Å². The third kappa shape index (κ3) is 7.49. The molecule has 1 aromatic carbocycles. The van der Waals surface area contributed by atoms with Crippen LogP contribution in [0.1, 0.15) is 29.7 Å². The fraction of sp³-hybridized carbons (Fsp3) is 0.367. The van der Waals surface area contributed by atoms with Crippen molar-refractivity contribution in [1.82, 2.24) is 29.6 Å². The van der Waals surface area contributed by atoms with Gasteiger partial charge in [-0.2, -0.15) is 5.10 Å². The van der Waals surface area contributed by atoms with Gasteiger partial charge in [0.05, 0.1) is 18.7 Å². The summed E-state index contributed by atoms with van der Waals surface area (Å²) in [5, 5.41) is 7.59. The lowest BCUT2D eigenvalue weighted by atomic mass is 10.0. The van der Waals surface area contributed by atoms with Gasteiger partial charge >= 0.3 is 0 Å². The first-order chi connectivity index (χ1) is 21.6. The number of nitrogens with one attached hydrogen (secondary N) is 1. The van der Waals surface area contributed by atoms with E-state index in [0.29, 0.717) is 38.2 Å². The molecule has 0 saturated carbocycles. The van der Waals surface area contributed by atoms with E-state index in [1.165, 1.54) is 23.6 Å². The number of hydrogen-bond acceptors (Lipinski definition) is 10. The van der Waals surface area contributed by atoms with Crippen LogP contribution in [0.15, 0.2) is 47.3 Å². The van der Waals surface area contributed by atoms with E-state index in [9.17, 15) is 18.8 Å². The third-order valence-corrected chi connectivity index (χ3v) is 7.53. The molecule has 1 aliphatic heterocycles. The summed E-state index contributed by atoms with van der Waals surface area (Å²) in [5.74, 6) is -0.138. The fourth-order valence-corrected chi connectivity index (χ4v) is 5.37. The van der Waals surface area contributed by atoms with Crippen molar-refractivity contribution in [2.24, 2.45) is 0 Å². The molecule has 45 heavy (non-hydrogen) atoms. The number of ketones is 1. The highest BCUT2D eigenvalue weighted by molar-refractivity contribution is 9.10. The lowest BCUT2D eigenvalue weighted by molar-refractivity contribution is -0.137. The SMILES string of the molecule is COCOCCOc1cc2c(cc1-c1cnc(C)nc1)c(C(C)=O)nn2CC(=O)N1C[C@H](F)C[C@H]1C(=O)Nc1cccc(Br)n1. The zero-order chi connectivity index (χ0) is 32.1. The molecule has 1 fully saturated rings. The van der Waals surface area contributed by atoms with Crippen molar-refractivity contribution >= 4 is 50.2 Å². The van der Waals surface area contributed by atoms with Crippen molar-refractivity contribution in [2.45, 2.75) is 39.0 Å². The van der Waals surface area contributed by atoms with Gasteiger partial charge < -0.3 is 24.4 Å². The molecule has 13 nitrogen and oxygen atoms in total. The van der Waals surface area contributed by atoms with Crippen LogP contribution >= 0.6 is 15.9 Å². The largest absolute Gasteiger partial charge is 0.490 e. The van der Waals surface area contributed by atoms with Crippen LogP contribution in [0.4, 0.5) is 10.2 Å². The van der Waals surface area contributed by atoms with E-state index in [1.807, 2.05) is 0 Å². The number of aromatic nitrogens is 5. The predicted molar refractivity (Wildman–Crippen MR) is 164 cm³/mol. The molecule has 4 heterocycles. The van der Waals surface area contributed by atoms with E-state index in [4.69, 9.17) is 14.2 Å². The van der Waals surface area contributed by atoms with Gasteiger partial charge in [-0.3, -0.25) is 19.1 Å². The quantitative estimate of drug-likeness (QED) is 0.101. The maximum atomic E-state index is 14.6. The van der Waals surface area contributed by atoms with Gasteiger partial charge in [0.25, 0.3) is 0 Å². The summed E-state index contributed by atoms with van der Waals surface area (Å²) in [5.41, 5.74) is 1.84. The Morgan fingerprint density at radius 1 is 1.16 bits per heavy atom. The number of anilines is 1. The highest BCUT2D eigenvalue weighted by atomic mass is 79.9. The Balaban J connectivity index is 1.46. The Kier molecular flexibility index (Phi) is 10.1. The number of rotatable bonds is 12. The number of carbonyl (C=O) groups is 3. The molecule has 0 aliphatic carbocycles. The van der Waals surface area contributed by atoms with Gasteiger partial charge in [-0.25, -0.2) is 19.3 Å².